The lowest BCUT2D eigenvalue weighted by atomic mass is 9.65. The molecule has 0 heterocycles. The van der Waals surface area contributed by atoms with Crippen molar-refractivity contribution >= 4 is 0 Å². The van der Waals surface area contributed by atoms with Gasteiger partial charge in [0.15, 0.2) is 0 Å². The van der Waals surface area contributed by atoms with Gasteiger partial charge >= 0.3 is 0 Å². The summed E-state index contributed by atoms with van der Waals surface area (Å²) in [7, 11) is 2.13. The smallest absolute Gasteiger partial charge is 0.0138 e. The van der Waals surface area contributed by atoms with E-state index in [0.717, 1.165) is 12.3 Å². The molecule has 1 aliphatic carbocycles. The van der Waals surface area contributed by atoms with Crippen molar-refractivity contribution in [1.29, 1.82) is 0 Å². The molecular formula is C18H29N. The van der Waals surface area contributed by atoms with E-state index in [0.29, 0.717) is 11.5 Å². The van der Waals surface area contributed by atoms with Crippen LogP contribution in [0.5, 0.6) is 0 Å². The molecule has 1 N–H and O–H groups in total. The summed E-state index contributed by atoms with van der Waals surface area (Å²) in [5.41, 5.74) is 3.33. The van der Waals surface area contributed by atoms with Gasteiger partial charge in [-0.2, -0.15) is 0 Å². The molecule has 0 amide bonds. The lowest BCUT2D eigenvalue weighted by molar-refractivity contribution is 0.101. The number of likely N-dealkylation sites (N-methyl/N-ethyl adjacent to an activating group) is 1. The van der Waals surface area contributed by atoms with Crippen molar-refractivity contribution in [3.63, 3.8) is 0 Å². The largest absolute Gasteiger partial charge is 0.316 e. The van der Waals surface area contributed by atoms with E-state index in [9.17, 15) is 0 Å². The van der Waals surface area contributed by atoms with Crippen LogP contribution >= 0.6 is 0 Å². The molecule has 1 aliphatic rings. The van der Waals surface area contributed by atoms with Crippen molar-refractivity contribution < 1.29 is 0 Å². The topological polar surface area (TPSA) is 12.0 Å². The van der Waals surface area contributed by atoms with Crippen LogP contribution in [0, 0.1) is 18.3 Å². The molecule has 0 aliphatic heterocycles. The highest BCUT2D eigenvalue weighted by Crippen LogP contribution is 2.42. The Labute approximate surface area is 118 Å². The fourth-order valence-corrected chi connectivity index (χ4v) is 3.81. The summed E-state index contributed by atoms with van der Waals surface area (Å²) in [5.74, 6) is 0.798. The average molecular weight is 259 g/mol. The second kappa shape index (κ2) is 6.09. The molecule has 1 fully saturated rings. The molecule has 1 heteroatoms. The highest BCUT2D eigenvalue weighted by atomic mass is 14.9. The van der Waals surface area contributed by atoms with Gasteiger partial charge in [-0.15, -0.1) is 0 Å². The predicted molar refractivity (Wildman–Crippen MR) is 83.5 cm³/mol. The molecule has 1 aromatic rings. The average Bonchev–Trinajstić information content (AvgIpc) is 2.36. The summed E-state index contributed by atoms with van der Waals surface area (Å²) in [6.07, 6.45) is 6.73. The lowest BCUT2D eigenvalue weighted by Crippen LogP contribution is -2.44. The van der Waals surface area contributed by atoms with E-state index in [1.165, 1.54) is 36.8 Å². The Morgan fingerprint density at radius 3 is 2.74 bits per heavy atom. The molecule has 0 radical (unpaired) electrons. The zero-order chi connectivity index (χ0) is 13.9. The third-order valence-electron chi connectivity index (χ3n) is 4.98. The van der Waals surface area contributed by atoms with Gasteiger partial charge in [0.2, 0.25) is 0 Å². The van der Waals surface area contributed by atoms with Crippen LogP contribution in [-0.2, 0) is 6.42 Å². The zero-order valence-electron chi connectivity index (χ0n) is 13.0. The van der Waals surface area contributed by atoms with Gasteiger partial charge in [-0.3, -0.25) is 0 Å². The van der Waals surface area contributed by atoms with E-state index >= 15 is 0 Å². The van der Waals surface area contributed by atoms with Crippen LogP contribution in [0.25, 0.3) is 0 Å². The van der Waals surface area contributed by atoms with Crippen molar-refractivity contribution in [1.82, 2.24) is 5.32 Å². The molecule has 2 atom stereocenters. The van der Waals surface area contributed by atoms with Gasteiger partial charge in [-0.25, -0.2) is 0 Å². The van der Waals surface area contributed by atoms with Gasteiger partial charge < -0.3 is 5.32 Å². The molecule has 19 heavy (non-hydrogen) atoms. The molecule has 2 unspecified atom stereocenters. The Kier molecular flexibility index (Phi) is 4.67. The number of benzene rings is 1. The van der Waals surface area contributed by atoms with E-state index < -0.39 is 0 Å². The highest BCUT2D eigenvalue weighted by molar-refractivity contribution is 5.23. The second-order valence-electron chi connectivity index (χ2n) is 6.93. The fourth-order valence-electron chi connectivity index (χ4n) is 3.81. The van der Waals surface area contributed by atoms with Gasteiger partial charge in [-0.1, -0.05) is 56.5 Å². The van der Waals surface area contributed by atoms with Gasteiger partial charge in [0, 0.05) is 6.04 Å². The van der Waals surface area contributed by atoms with Gasteiger partial charge in [0.05, 0.1) is 0 Å². The zero-order valence-corrected chi connectivity index (χ0v) is 13.0. The van der Waals surface area contributed by atoms with Crippen LogP contribution in [-0.4, -0.2) is 13.1 Å². The van der Waals surface area contributed by atoms with Crippen LogP contribution in [0.3, 0.4) is 0 Å². The minimum Gasteiger partial charge on any atom is -0.316 e. The Hall–Kier alpha value is -0.820. The Morgan fingerprint density at radius 2 is 2.11 bits per heavy atom. The third kappa shape index (κ3) is 3.60. The predicted octanol–water partition coefficient (Wildman–Crippen LogP) is 4.34. The van der Waals surface area contributed by atoms with Crippen LogP contribution in [0.15, 0.2) is 24.3 Å². The molecule has 0 spiro atoms. The van der Waals surface area contributed by atoms with Gasteiger partial charge in [-0.05, 0) is 50.1 Å². The quantitative estimate of drug-likeness (QED) is 0.848. The molecule has 0 bridgehead atoms. The maximum Gasteiger partial charge on any atom is 0.0138 e. The van der Waals surface area contributed by atoms with E-state index in [1.54, 1.807) is 0 Å². The van der Waals surface area contributed by atoms with Crippen molar-refractivity contribution in [2.24, 2.45) is 11.3 Å². The molecule has 1 saturated carbocycles. The summed E-state index contributed by atoms with van der Waals surface area (Å²) in [6.45, 7) is 7.09. The summed E-state index contributed by atoms with van der Waals surface area (Å²) >= 11 is 0. The van der Waals surface area contributed by atoms with Gasteiger partial charge in [0.25, 0.3) is 0 Å². The highest BCUT2D eigenvalue weighted by Gasteiger charge is 2.36. The summed E-state index contributed by atoms with van der Waals surface area (Å²) in [4.78, 5) is 0. The van der Waals surface area contributed by atoms with Crippen molar-refractivity contribution in [2.75, 3.05) is 7.05 Å². The van der Waals surface area contributed by atoms with Crippen LogP contribution < -0.4 is 5.32 Å². The first-order chi connectivity index (χ1) is 9.03. The standard InChI is InChI=1S/C18H29N/c1-14-8-7-9-15(12-14)13-17(19-4)16-10-5-6-11-18(16,2)3/h7-9,12,16-17,19H,5-6,10-11,13H2,1-4H3. The molecular weight excluding hydrogens is 230 g/mol. The summed E-state index contributed by atoms with van der Waals surface area (Å²) < 4.78 is 0. The van der Waals surface area contributed by atoms with Crippen molar-refractivity contribution in [3.8, 4) is 0 Å². The molecule has 106 valence electrons. The van der Waals surface area contributed by atoms with Crippen LogP contribution in [0.4, 0.5) is 0 Å². The second-order valence-corrected chi connectivity index (χ2v) is 6.93. The van der Waals surface area contributed by atoms with E-state index in [-0.39, 0.29) is 0 Å². The minimum absolute atomic E-state index is 0.482. The summed E-state index contributed by atoms with van der Waals surface area (Å²) in [6, 6.07) is 9.58. The Morgan fingerprint density at radius 1 is 1.32 bits per heavy atom. The van der Waals surface area contributed by atoms with Crippen LogP contribution in [0.2, 0.25) is 0 Å². The number of nitrogens with one attached hydrogen (secondary N) is 1. The molecule has 1 aromatic carbocycles. The molecule has 0 aromatic heterocycles. The number of hydrogen-bond acceptors (Lipinski definition) is 1. The fraction of sp³-hybridized carbons (Fsp3) is 0.667. The Bertz CT molecular complexity index is 408. The molecule has 2 rings (SSSR count). The number of hydrogen-bond donors (Lipinski definition) is 1. The first-order valence-electron chi connectivity index (χ1n) is 7.76. The van der Waals surface area contributed by atoms with Crippen LogP contribution in [0.1, 0.15) is 50.7 Å². The SMILES string of the molecule is CNC(Cc1cccc(C)c1)C1CCCCC1(C)C. The maximum atomic E-state index is 3.60. The maximum absolute atomic E-state index is 3.60. The van der Waals surface area contributed by atoms with E-state index in [2.05, 4.69) is 57.4 Å². The van der Waals surface area contributed by atoms with Gasteiger partial charge in [0.1, 0.15) is 0 Å². The third-order valence-corrected chi connectivity index (χ3v) is 4.98. The number of rotatable bonds is 4. The molecule has 0 saturated heterocycles. The first-order valence-corrected chi connectivity index (χ1v) is 7.76. The van der Waals surface area contributed by atoms with Crippen molar-refractivity contribution in [2.45, 2.75) is 58.9 Å². The minimum atomic E-state index is 0.482. The number of aryl methyl sites for hydroxylation is 1. The normalized spacial score (nSPS) is 24.1. The first kappa shape index (κ1) is 14.6. The van der Waals surface area contributed by atoms with Crippen molar-refractivity contribution in [3.05, 3.63) is 35.4 Å². The lowest BCUT2D eigenvalue weighted by Gasteiger charge is -2.43. The summed E-state index contributed by atoms with van der Waals surface area (Å²) in [5, 5.41) is 3.60. The monoisotopic (exact) mass is 259 g/mol. The Balaban J connectivity index is 2.11. The molecule has 1 nitrogen and oxygen atoms in total. The van der Waals surface area contributed by atoms with E-state index in [4.69, 9.17) is 0 Å². The van der Waals surface area contributed by atoms with E-state index in [1.807, 2.05) is 0 Å².